The summed E-state index contributed by atoms with van der Waals surface area (Å²) < 4.78 is 0. The number of ketones is 1. The number of nitrogens with zero attached hydrogens (tertiary/aromatic N) is 1. The minimum Gasteiger partial charge on any atom is -0.390 e. The Bertz CT molecular complexity index is 646. The Kier molecular flexibility index (Phi) is 5.83. The van der Waals surface area contributed by atoms with E-state index >= 15 is 0 Å². The first-order chi connectivity index (χ1) is 10.5. The molecule has 1 unspecified atom stereocenters. The summed E-state index contributed by atoms with van der Waals surface area (Å²) in [5.41, 5.74) is 1.81. The maximum absolute atomic E-state index is 12.7. The molecule has 22 heavy (non-hydrogen) atoms. The number of alkyl halides is 1. The third-order valence-electron chi connectivity index (χ3n) is 3.31. The van der Waals surface area contributed by atoms with Gasteiger partial charge in [-0.1, -0.05) is 41.9 Å². The van der Waals surface area contributed by atoms with Crippen molar-refractivity contribution in [2.24, 2.45) is 0 Å². The van der Waals surface area contributed by atoms with E-state index in [1.165, 1.54) is 0 Å². The fourth-order valence-corrected chi connectivity index (χ4v) is 2.50. The number of carbonyl (C=O) groups is 1. The maximum Gasteiger partial charge on any atom is 0.195 e. The first-order valence-electron chi connectivity index (χ1n) is 6.87. The van der Waals surface area contributed by atoms with Crippen LogP contribution in [0.25, 0.3) is 0 Å². The Morgan fingerprint density at radius 1 is 1.23 bits per heavy atom. The monoisotopic (exact) mass is 337 g/mol. The molecule has 0 radical (unpaired) electrons. The van der Waals surface area contributed by atoms with E-state index in [0.717, 1.165) is 0 Å². The van der Waals surface area contributed by atoms with E-state index in [1.54, 1.807) is 42.3 Å². The van der Waals surface area contributed by atoms with Gasteiger partial charge < -0.3 is 10.0 Å². The zero-order valence-corrected chi connectivity index (χ0v) is 13.7. The second-order valence-corrected chi connectivity index (χ2v) is 5.79. The predicted octanol–water partition coefficient (Wildman–Crippen LogP) is 3.61. The SMILES string of the molecule is CN(CC(O)CCl)c1ccc(Cl)cc1C(=O)c1ccccc1. The van der Waals surface area contributed by atoms with Crippen molar-refractivity contribution in [1.29, 1.82) is 0 Å². The van der Waals surface area contributed by atoms with E-state index in [4.69, 9.17) is 23.2 Å². The molecule has 116 valence electrons. The average molecular weight is 338 g/mol. The predicted molar refractivity (Wildman–Crippen MR) is 91.3 cm³/mol. The topological polar surface area (TPSA) is 40.5 Å². The molecular formula is C17H17Cl2NO2. The van der Waals surface area contributed by atoms with Gasteiger partial charge >= 0.3 is 0 Å². The van der Waals surface area contributed by atoms with Gasteiger partial charge in [0.2, 0.25) is 0 Å². The van der Waals surface area contributed by atoms with Crippen molar-refractivity contribution < 1.29 is 9.90 Å². The van der Waals surface area contributed by atoms with Crippen molar-refractivity contribution in [3.63, 3.8) is 0 Å². The molecule has 1 atom stereocenters. The van der Waals surface area contributed by atoms with Crippen molar-refractivity contribution >= 4 is 34.7 Å². The number of aliphatic hydroxyl groups excluding tert-OH is 1. The number of carbonyl (C=O) groups excluding carboxylic acids is 1. The highest BCUT2D eigenvalue weighted by atomic mass is 35.5. The molecule has 2 aromatic carbocycles. The summed E-state index contributed by atoms with van der Waals surface area (Å²) in [4.78, 5) is 14.5. The number of rotatable bonds is 6. The second kappa shape index (κ2) is 7.63. The molecule has 0 spiro atoms. The summed E-state index contributed by atoms with van der Waals surface area (Å²) >= 11 is 11.7. The molecule has 0 bridgehead atoms. The number of hydrogen-bond donors (Lipinski definition) is 1. The number of halogens is 2. The van der Waals surface area contributed by atoms with E-state index in [2.05, 4.69) is 0 Å². The van der Waals surface area contributed by atoms with Crippen molar-refractivity contribution in [2.45, 2.75) is 6.10 Å². The molecule has 5 heteroatoms. The molecule has 2 rings (SSSR count). The van der Waals surface area contributed by atoms with Gasteiger partial charge in [-0.05, 0) is 18.2 Å². The summed E-state index contributed by atoms with van der Waals surface area (Å²) in [5.74, 6) is 0.0326. The molecule has 2 aromatic rings. The van der Waals surface area contributed by atoms with E-state index in [0.29, 0.717) is 28.4 Å². The Morgan fingerprint density at radius 3 is 2.55 bits per heavy atom. The van der Waals surface area contributed by atoms with Gasteiger partial charge in [-0.3, -0.25) is 4.79 Å². The van der Waals surface area contributed by atoms with Crippen molar-refractivity contribution in [1.82, 2.24) is 0 Å². The quantitative estimate of drug-likeness (QED) is 0.646. The number of likely N-dealkylation sites (N-methyl/N-ethyl adjacent to an activating group) is 1. The van der Waals surface area contributed by atoms with Gasteiger partial charge in [0.05, 0.1) is 12.0 Å². The van der Waals surface area contributed by atoms with Crippen LogP contribution in [0, 0.1) is 0 Å². The van der Waals surface area contributed by atoms with Gasteiger partial charge in [-0.2, -0.15) is 0 Å². The fourth-order valence-electron chi connectivity index (χ4n) is 2.23. The van der Waals surface area contributed by atoms with Gasteiger partial charge in [0.25, 0.3) is 0 Å². The third-order valence-corrected chi connectivity index (χ3v) is 3.90. The van der Waals surface area contributed by atoms with Gasteiger partial charge in [0, 0.05) is 35.4 Å². The normalized spacial score (nSPS) is 12.0. The largest absolute Gasteiger partial charge is 0.390 e. The summed E-state index contributed by atoms with van der Waals surface area (Å²) in [6.45, 7) is 0.334. The minimum absolute atomic E-state index is 0.106. The molecule has 0 aliphatic rings. The zero-order chi connectivity index (χ0) is 16.1. The number of benzene rings is 2. The van der Waals surface area contributed by atoms with Crippen molar-refractivity contribution in [3.8, 4) is 0 Å². The highest BCUT2D eigenvalue weighted by Gasteiger charge is 2.18. The Balaban J connectivity index is 2.38. The summed E-state index contributed by atoms with van der Waals surface area (Å²) in [5, 5.41) is 10.2. The molecule has 0 fully saturated rings. The summed E-state index contributed by atoms with van der Waals surface area (Å²) in [7, 11) is 1.81. The minimum atomic E-state index is -0.665. The maximum atomic E-state index is 12.7. The van der Waals surface area contributed by atoms with E-state index in [-0.39, 0.29) is 11.7 Å². The van der Waals surface area contributed by atoms with Crippen LogP contribution in [0.4, 0.5) is 5.69 Å². The smallest absolute Gasteiger partial charge is 0.195 e. The van der Waals surface area contributed by atoms with Crippen LogP contribution in [-0.2, 0) is 0 Å². The zero-order valence-electron chi connectivity index (χ0n) is 12.2. The first kappa shape index (κ1) is 16.8. The molecule has 0 heterocycles. The highest BCUT2D eigenvalue weighted by Crippen LogP contribution is 2.26. The second-order valence-electron chi connectivity index (χ2n) is 5.05. The van der Waals surface area contributed by atoms with Crippen LogP contribution >= 0.6 is 23.2 Å². The molecule has 3 nitrogen and oxygen atoms in total. The van der Waals surface area contributed by atoms with Crippen LogP contribution in [0.3, 0.4) is 0 Å². The van der Waals surface area contributed by atoms with Gasteiger partial charge in [0.15, 0.2) is 5.78 Å². The van der Waals surface area contributed by atoms with Gasteiger partial charge in [-0.15, -0.1) is 11.6 Å². The lowest BCUT2D eigenvalue weighted by molar-refractivity contribution is 0.103. The summed E-state index contributed by atoms with van der Waals surface area (Å²) in [6, 6.07) is 14.2. The summed E-state index contributed by atoms with van der Waals surface area (Å²) in [6.07, 6.45) is -0.665. The molecule has 0 saturated carbocycles. The van der Waals surface area contributed by atoms with E-state index in [9.17, 15) is 9.90 Å². The molecule has 0 aliphatic carbocycles. The average Bonchev–Trinajstić information content (AvgIpc) is 2.54. The lowest BCUT2D eigenvalue weighted by Crippen LogP contribution is -2.31. The Labute approximate surface area is 140 Å². The van der Waals surface area contributed by atoms with Crippen LogP contribution in [0.1, 0.15) is 15.9 Å². The Hall–Kier alpha value is -1.55. The number of hydrogen-bond acceptors (Lipinski definition) is 3. The van der Waals surface area contributed by atoms with Gasteiger partial charge in [-0.25, -0.2) is 0 Å². The van der Waals surface area contributed by atoms with E-state index < -0.39 is 6.10 Å². The van der Waals surface area contributed by atoms with Crippen LogP contribution in [0.5, 0.6) is 0 Å². The number of aliphatic hydroxyl groups is 1. The standard InChI is InChI=1S/C17H17Cl2NO2/c1-20(11-14(21)10-18)16-8-7-13(19)9-15(16)17(22)12-5-3-2-4-6-12/h2-9,14,21H,10-11H2,1H3. The molecule has 0 aromatic heterocycles. The lowest BCUT2D eigenvalue weighted by atomic mass is 10.0. The number of anilines is 1. The van der Waals surface area contributed by atoms with Crippen LogP contribution in [0.2, 0.25) is 5.02 Å². The molecule has 0 amide bonds. The molecule has 1 N–H and O–H groups in total. The molecule has 0 aliphatic heterocycles. The van der Waals surface area contributed by atoms with Crippen molar-refractivity contribution in [2.75, 3.05) is 24.4 Å². The van der Waals surface area contributed by atoms with Crippen LogP contribution in [-0.4, -0.2) is 36.5 Å². The Morgan fingerprint density at radius 2 is 1.91 bits per heavy atom. The van der Waals surface area contributed by atoms with E-state index in [1.807, 2.05) is 18.2 Å². The first-order valence-corrected chi connectivity index (χ1v) is 7.78. The van der Waals surface area contributed by atoms with Crippen LogP contribution < -0.4 is 4.90 Å². The highest BCUT2D eigenvalue weighted by molar-refractivity contribution is 6.31. The molecular weight excluding hydrogens is 321 g/mol. The third kappa shape index (κ3) is 4.01. The molecule has 0 saturated heterocycles. The van der Waals surface area contributed by atoms with Crippen molar-refractivity contribution in [3.05, 3.63) is 64.7 Å². The lowest BCUT2D eigenvalue weighted by Gasteiger charge is -2.24. The van der Waals surface area contributed by atoms with Crippen LogP contribution in [0.15, 0.2) is 48.5 Å². The van der Waals surface area contributed by atoms with Gasteiger partial charge in [0.1, 0.15) is 0 Å². The fraction of sp³-hybridized carbons (Fsp3) is 0.235.